The smallest absolute Gasteiger partial charge is 0.309 e. The van der Waals surface area contributed by atoms with Crippen LogP contribution < -0.4 is 0 Å². The van der Waals surface area contributed by atoms with Crippen molar-refractivity contribution in [3.05, 3.63) is 36.0 Å². The average Bonchev–Trinajstić information content (AvgIpc) is 2.90. The Morgan fingerprint density at radius 1 is 1.25 bits per heavy atom. The Morgan fingerprint density at radius 2 is 1.94 bits per heavy atom. The van der Waals surface area contributed by atoms with Gasteiger partial charge >= 0.3 is 11.9 Å². The highest BCUT2D eigenvalue weighted by molar-refractivity contribution is 5.92. The van der Waals surface area contributed by atoms with Gasteiger partial charge < -0.3 is 14.9 Å². The third kappa shape index (κ3) is 2.91. The maximum Gasteiger partial charge on any atom is 0.309 e. The summed E-state index contributed by atoms with van der Waals surface area (Å²) in [5.41, 5.74) is 0.0449. The van der Waals surface area contributed by atoms with Crippen molar-refractivity contribution in [3.8, 4) is 0 Å². The number of esters is 1. The average molecular weight is 443 g/mol. The molecule has 0 aliphatic heterocycles. The van der Waals surface area contributed by atoms with E-state index in [9.17, 15) is 24.6 Å². The van der Waals surface area contributed by atoms with Gasteiger partial charge in [-0.1, -0.05) is 32.6 Å². The lowest BCUT2D eigenvalue weighted by Gasteiger charge is -2.60. The number of ketones is 1. The number of aliphatic carboxylic acids is 1. The van der Waals surface area contributed by atoms with Crippen LogP contribution in [-0.4, -0.2) is 40.6 Å². The van der Waals surface area contributed by atoms with Crippen LogP contribution in [0.3, 0.4) is 0 Å². The van der Waals surface area contributed by atoms with Gasteiger partial charge in [-0.25, -0.2) is 0 Å². The Hall–Kier alpha value is -2.21. The number of allylic oxidation sites excluding steroid dienone is 1. The van der Waals surface area contributed by atoms with Gasteiger partial charge in [0.05, 0.1) is 18.6 Å². The Balaban J connectivity index is 1.83. The van der Waals surface area contributed by atoms with Crippen LogP contribution >= 0.6 is 0 Å². The highest BCUT2D eigenvalue weighted by Crippen LogP contribution is 2.71. The number of aliphatic hydroxyl groups is 1. The quantitative estimate of drug-likeness (QED) is 0.642. The molecule has 6 heteroatoms. The molecule has 1 unspecified atom stereocenters. The van der Waals surface area contributed by atoms with Crippen molar-refractivity contribution in [1.29, 1.82) is 0 Å². The molecule has 32 heavy (non-hydrogen) atoms. The van der Waals surface area contributed by atoms with Gasteiger partial charge in [-0.3, -0.25) is 14.4 Å². The molecule has 0 amide bonds. The van der Waals surface area contributed by atoms with Gasteiger partial charge in [-0.05, 0) is 72.5 Å². The number of carbonyl (C=O) groups is 3. The van der Waals surface area contributed by atoms with Gasteiger partial charge in [-0.2, -0.15) is 0 Å². The molecule has 0 aromatic rings. The molecule has 0 radical (unpaired) electrons. The summed E-state index contributed by atoms with van der Waals surface area (Å²) in [6.07, 6.45) is 4.85. The van der Waals surface area contributed by atoms with Gasteiger partial charge in [0.1, 0.15) is 0 Å². The second-order valence-electron chi connectivity index (χ2n) is 10.8. The SMILES string of the molecule is C=C1C(=C)[C@](O)(CCC(=O)O)[C@@]2(C)CC[C@H]3[C@@H](C(C(=O)OC)CC4=CC(=O)CC[C@@]43C)[C@H]12. The molecule has 4 rings (SSSR count). The summed E-state index contributed by atoms with van der Waals surface area (Å²) in [4.78, 5) is 36.5. The first-order valence-corrected chi connectivity index (χ1v) is 11.5. The van der Waals surface area contributed by atoms with Crippen molar-refractivity contribution in [2.45, 2.75) is 64.4 Å². The minimum absolute atomic E-state index is 0.0738. The Bertz CT molecular complexity index is 946. The van der Waals surface area contributed by atoms with E-state index in [0.29, 0.717) is 24.8 Å². The number of carbonyl (C=O) groups excluding carboxylic acids is 2. The van der Waals surface area contributed by atoms with Gasteiger partial charge in [0, 0.05) is 18.3 Å². The predicted molar refractivity (Wildman–Crippen MR) is 118 cm³/mol. The predicted octanol–water partition coefficient (Wildman–Crippen LogP) is 3.85. The normalized spacial score (nSPS) is 43.1. The van der Waals surface area contributed by atoms with E-state index < -0.39 is 22.9 Å². The second-order valence-corrected chi connectivity index (χ2v) is 10.8. The molecule has 0 spiro atoms. The second kappa shape index (κ2) is 7.41. The maximum absolute atomic E-state index is 13.0. The highest BCUT2D eigenvalue weighted by atomic mass is 16.5. The summed E-state index contributed by atoms with van der Waals surface area (Å²) < 4.78 is 5.21. The number of ether oxygens (including phenoxy) is 1. The summed E-state index contributed by atoms with van der Waals surface area (Å²) >= 11 is 0. The van der Waals surface area contributed by atoms with Crippen LogP contribution in [0.4, 0.5) is 0 Å². The molecule has 6 nitrogen and oxygen atoms in total. The first-order valence-electron chi connectivity index (χ1n) is 11.5. The van der Waals surface area contributed by atoms with Gasteiger partial charge in [-0.15, -0.1) is 0 Å². The zero-order valence-electron chi connectivity index (χ0n) is 19.3. The summed E-state index contributed by atoms with van der Waals surface area (Å²) in [5.74, 6) is -1.76. The molecule has 3 saturated carbocycles. The summed E-state index contributed by atoms with van der Waals surface area (Å²) in [7, 11) is 1.39. The topological polar surface area (TPSA) is 101 Å². The Morgan fingerprint density at radius 3 is 2.56 bits per heavy atom. The monoisotopic (exact) mass is 442 g/mol. The lowest BCUT2D eigenvalue weighted by molar-refractivity contribution is -0.165. The summed E-state index contributed by atoms with van der Waals surface area (Å²) in [5, 5.41) is 21.1. The van der Waals surface area contributed by atoms with E-state index >= 15 is 0 Å². The fourth-order valence-corrected chi connectivity index (χ4v) is 7.77. The lowest BCUT2D eigenvalue weighted by atomic mass is 9.43. The number of carboxylic acids is 1. The third-order valence-electron chi connectivity index (χ3n) is 9.60. The molecule has 2 N–H and O–H groups in total. The Kier molecular flexibility index (Phi) is 5.32. The van der Waals surface area contributed by atoms with Gasteiger partial charge in [0.15, 0.2) is 5.78 Å². The Labute approximate surface area is 189 Å². The minimum Gasteiger partial charge on any atom is -0.481 e. The first-order chi connectivity index (χ1) is 14.9. The van der Waals surface area contributed by atoms with E-state index in [4.69, 9.17) is 4.74 Å². The number of hydrogen-bond acceptors (Lipinski definition) is 5. The number of fused-ring (bicyclic) bond motifs is 5. The van der Waals surface area contributed by atoms with Gasteiger partial charge in [0.25, 0.3) is 0 Å². The summed E-state index contributed by atoms with van der Waals surface area (Å²) in [6.45, 7) is 12.7. The minimum atomic E-state index is -1.38. The molecule has 7 atom stereocenters. The van der Waals surface area contributed by atoms with Crippen LogP contribution in [0.25, 0.3) is 0 Å². The molecule has 0 bridgehead atoms. The lowest BCUT2D eigenvalue weighted by Crippen LogP contribution is -2.58. The molecule has 4 aliphatic carbocycles. The first kappa shape index (κ1) is 23.0. The van der Waals surface area contributed by atoms with Crippen molar-refractivity contribution in [1.82, 2.24) is 0 Å². The van der Waals surface area contributed by atoms with E-state index in [1.807, 2.05) is 6.92 Å². The molecule has 174 valence electrons. The number of carboxylic acid groups (broad SMARTS) is 1. The van der Waals surface area contributed by atoms with E-state index in [2.05, 4.69) is 20.1 Å². The largest absolute Gasteiger partial charge is 0.481 e. The molecule has 0 aromatic heterocycles. The molecule has 0 saturated heterocycles. The van der Waals surface area contributed by atoms with Crippen molar-refractivity contribution >= 4 is 17.7 Å². The van der Waals surface area contributed by atoms with Crippen LogP contribution in [0.2, 0.25) is 0 Å². The molecule has 0 heterocycles. The van der Waals surface area contributed by atoms with E-state index in [1.165, 1.54) is 7.11 Å². The maximum atomic E-state index is 13.0. The highest BCUT2D eigenvalue weighted by Gasteiger charge is 2.68. The molecular weight excluding hydrogens is 408 g/mol. The molecular formula is C26H34O6. The molecule has 0 aromatic carbocycles. The van der Waals surface area contributed by atoms with Crippen molar-refractivity contribution in [3.63, 3.8) is 0 Å². The van der Waals surface area contributed by atoms with Crippen molar-refractivity contribution in [2.75, 3.05) is 7.11 Å². The molecule has 4 aliphatic rings. The van der Waals surface area contributed by atoms with Crippen molar-refractivity contribution in [2.24, 2.45) is 34.5 Å². The van der Waals surface area contributed by atoms with Crippen LogP contribution in [-0.2, 0) is 19.1 Å². The zero-order chi connectivity index (χ0) is 23.6. The van der Waals surface area contributed by atoms with E-state index in [1.54, 1.807) is 6.08 Å². The van der Waals surface area contributed by atoms with E-state index in [0.717, 1.165) is 24.0 Å². The van der Waals surface area contributed by atoms with Crippen molar-refractivity contribution < 1.29 is 29.3 Å². The fourth-order valence-electron chi connectivity index (χ4n) is 7.77. The standard InChI is InChI=1S/C26H34O6/c1-14-15(2)26(31,11-8-20(28)29)25(4)10-7-19-21(22(14)25)18(23(30)32-5)13-16-12-17(27)6-9-24(16,19)3/h12,18-19,21-22,31H,1-2,6-11,13H2,3-5H3,(H,28,29)/t18?,19-,21+,22-,24-,25-,26+/m0/s1. The zero-order valence-corrected chi connectivity index (χ0v) is 19.3. The number of rotatable bonds is 4. The fraction of sp³-hybridized carbons (Fsp3) is 0.654. The van der Waals surface area contributed by atoms with Crippen LogP contribution in [0.1, 0.15) is 58.8 Å². The number of hydrogen-bond donors (Lipinski definition) is 2. The van der Waals surface area contributed by atoms with Crippen LogP contribution in [0.5, 0.6) is 0 Å². The van der Waals surface area contributed by atoms with Crippen LogP contribution in [0, 0.1) is 34.5 Å². The van der Waals surface area contributed by atoms with Gasteiger partial charge in [0.2, 0.25) is 0 Å². The molecule has 3 fully saturated rings. The van der Waals surface area contributed by atoms with Crippen LogP contribution in [0.15, 0.2) is 36.0 Å². The number of methoxy groups -OCH3 is 1. The van der Waals surface area contributed by atoms with E-state index in [-0.39, 0.29) is 47.8 Å². The summed E-state index contributed by atoms with van der Waals surface area (Å²) in [6, 6.07) is 0. The third-order valence-corrected chi connectivity index (χ3v) is 9.60.